The van der Waals surface area contributed by atoms with Crippen molar-refractivity contribution in [1.29, 1.82) is 0 Å². The van der Waals surface area contributed by atoms with Gasteiger partial charge in [0, 0.05) is 98.8 Å². The number of carbonyl (C=O) groups is 11. The standard InChI is InChI=1S/C73H97N13O13/c1-7-8-16-29-77-67(94)39-61(83-70(97)49(34-50-40-79-56-23-14-12-21-53(50)56)37-64(91)59(82-45(5)88)33-47-25-27-52(89)28-26-47)65(92)38-55(44(4)87)71(98)84-60(32-46-18-10-9-11-19-46)66(93)42-81-73(99)86-58(31-43(2)3)63(90)36-48(20-17-30-78-72(75)76-6)69(96)85-62(68(74)95)35-51-41-80-57-24-15-13-22-54(51)57/h9-15,18-19,21-28,40-41,43-44,48-49,55,58-62,79-80,87,89H,7-8,16-17,20,29-39,42H2,1-6H3,(H2,74,95)(H,77,94)(H,82,88)(H,83,97)(H,84,98)(H,85,96)(H3,75,76,78)(H2,81,86,99)/t44-,48-,49+,55+,58+,59-,60+,61+,62+/m1/s1. The molecule has 2 heterocycles. The minimum Gasteiger partial charge on any atom is -0.508 e. The molecule has 8 amide bonds. The van der Waals surface area contributed by atoms with Gasteiger partial charge in [-0.25, -0.2) is 4.79 Å². The molecule has 0 bridgehead atoms. The summed E-state index contributed by atoms with van der Waals surface area (Å²) < 4.78 is 0. The summed E-state index contributed by atoms with van der Waals surface area (Å²) in [5.41, 5.74) is 15.8. The number of aliphatic imine (C=N–C) groups is 1. The molecule has 532 valence electrons. The predicted molar refractivity (Wildman–Crippen MR) is 376 cm³/mol. The van der Waals surface area contributed by atoms with Crippen LogP contribution in [0.1, 0.15) is 121 Å². The number of phenols is 1. The zero-order valence-corrected chi connectivity index (χ0v) is 57.3. The van der Waals surface area contributed by atoms with Gasteiger partial charge in [0.15, 0.2) is 29.1 Å². The predicted octanol–water partition coefficient (Wildman–Crippen LogP) is 4.47. The van der Waals surface area contributed by atoms with Gasteiger partial charge in [-0.15, -0.1) is 0 Å². The van der Waals surface area contributed by atoms with Gasteiger partial charge in [0.2, 0.25) is 35.4 Å². The molecule has 0 saturated heterocycles. The number of aliphatic hydroxyl groups excluding tert-OH is 1. The number of amides is 8. The average Bonchev–Trinajstić information content (AvgIpc) is 1.80. The second-order valence-corrected chi connectivity index (χ2v) is 25.7. The van der Waals surface area contributed by atoms with Gasteiger partial charge in [0.05, 0.1) is 49.2 Å². The molecule has 2 aromatic heterocycles. The topological polar surface area (TPSA) is 420 Å². The van der Waals surface area contributed by atoms with Crippen LogP contribution in [-0.4, -0.2) is 154 Å². The van der Waals surface area contributed by atoms with Crippen LogP contribution in [0.5, 0.6) is 5.75 Å². The second-order valence-electron chi connectivity index (χ2n) is 25.7. The number of Topliss-reactive ketones (excluding diaryl/α,β-unsaturated/α-hetero) is 4. The van der Waals surface area contributed by atoms with E-state index in [0.717, 1.165) is 40.2 Å². The molecule has 0 fully saturated rings. The quantitative estimate of drug-likeness (QED) is 0.0143. The number of nitrogens with zero attached hydrogens (tertiary/aromatic N) is 1. The maximum absolute atomic E-state index is 14.9. The highest BCUT2D eigenvalue weighted by atomic mass is 16.3. The Morgan fingerprint density at radius 2 is 1.06 bits per heavy atom. The van der Waals surface area contributed by atoms with Crippen molar-refractivity contribution in [3.8, 4) is 5.75 Å². The van der Waals surface area contributed by atoms with Crippen molar-refractivity contribution in [2.45, 2.75) is 161 Å². The number of hydrogen-bond acceptors (Lipinski definition) is 14. The highest BCUT2D eigenvalue weighted by molar-refractivity contribution is 6.00. The summed E-state index contributed by atoms with van der Waals surface area (Å²) in [6, 6.07) is 22.1. The molecule has 26 heteroatoms. The molecule has 26 nitrogen and oxygen atoms in total. The Balaban J connectivity index is 1.19. The Hall–Kier alpha value is -10.2. The van der Waals surface area contributed by atoms with E-state index >= 15 is 0 Å². The molecule has 16 N–H and O–H groups in total. The van der Waals surface area contributed by atoms with Crippen LogP contribution in [0, 0.1) is 23.7 Å². The van der Waals surface area contributed by atoms with Crippen molar-refractivity contribution in [3.63, 3.8) is 0 Å². The lowest BCUT2D eigenvalue weighted by atomic mass is 9.88. The third-order valence-corrected chi connectivity index (χ3v) is 17.3. The Kier molecular flexibility index (Phi) is 30.8. The summed E-state index contributed by atoms with van der Waals surface area (Å²) in [5.74, 6) is -10.7. The van der Waals surface area contributed by atoms with Crippen LogP contribution in [0.4, 0.5) is 4.79 Å². The number of aromatic amines is 2. The molecule has 6 aromatic rings. The largest absolute Gasteiger partial charge is 0.508 e. The van der Waals surface area contributed by atoms with E-state index in [1.54, 1.807) is 54.9 Å². The molecular weight excluding hydrogens is 1270 g/mol. The lowest BCUT2D eigenvalue weighted by Crippen LogP contribution is -2.53. The molecule has 0 aliphatic heterocycles. The number of ketones is 4. The fraction of sp³-hybridized carbons (Fsp3) is 0.452. The van der Waals surface area contributed by atoms with Gasteiger partial charge < -0.3 is 74.2 Å². The van der Waals surface area contributed by atoms with E-state index in [1.807, 2.05) is 69.3 Å². The van der Waals surface area contributed by atoms with Gasteiger partial charge in [-0.2, -0.15) is 0 Å². The summed E-state index contributed by atoms with van der Waals surface area (Å²) in [6.07, 6.45) is 2.52. The Morgan fingerprint density at radius 3 is 1.66 bits per heavy atom. The number of phenolic OH excluding ortho intramolecular Hbond substituents is 1. The number of nitrogens with one attached hydrogen (secondary N) is 10. The van der Waals surface area contributed by atoms with Gasteiger partial charge in [0.1, 0.15) is 11.8 Å². The number of para-hydroxylation sites is 2. The molecule has 6 rings (SSSR count). The number of unbranched alkanes of at least 4 members (excludes halogenated alkanes) is 2. The van der Waals surface area contributed by atoms with Crippen LogP contribution in [-0.2, 0) is 73.6 Å². The number of carbonyl (C=O) groups excluding carboxylic acids is 11. The smallest absolute Gasteiger partial charge is 0.315 e. The van der Waals surface area contributed by atoms with Crippen molar-refractivity contribution >= 4 is 92.4 Å². The molecule has 0 unspecified atom stereocenters. The van der Waals surface area contributed by atoms with Crippen LogP contribution >= 0.6 is 0 Å². The number of guanidine groups is 1. The molecule has 4 aromatic carbocycles. The number of rotatable bonds is 42. The number of benzene rings is 4. The summed E-state index contributed by atoms with van der Waals surface area (Å²) in [6.45, 7) is 8.03. The number of aliphatic hydroxyl groups is 1. The van der Waals surface area contributed by atoms with Crippen LogP contribution in [0.2, 0.25) is 0 Å². The van der Waals surface area contributed by atoms with Gasteiger partial charge in [0.25, 0.3) is 0 Å². The molecule has 0 radical (unpaired) electrons. The summed E-state index contributed by atoms with van der Waals surface area (Å²) in [5, 5.41) is 44.6. The summed E-state index contributed by atoms with van der Waals surface area (Å²) in [7, 11) is 1.50. The van der Waals surface area contributed by atoms with Gasteiger partial charge in [-0.3, -0.25) is 52.9 Å². The molecule has 9 atom stereocenters. The lowest BCUT2D eigenvalue weighted by Gasteiger charge is -2.27. The van der Waals surface area contributed by atoms with Gasteiger partial charge in [-0.05, 0) is 104 Å². The number of nitrogens with two attached hydrogens (primary N) is 2. The molecule has 0 aliphatic rings. The van der Waals surface area contributed by atoms with E-state index in [2.05, 4.69) is 57.5 Å². The van der Waals surface area contributed by atoms with Crippen molar-refractivity contribution in [1.82, 2.24) is 52.5 Å². The van der Waals surface area contributed by atoms with Crippen molar-refractivity contribution in [2.75, 3.05) is 26.7 Å². The van der Waals surface area contributed by atoms with E-state index in [0.29, 0.717) is 36.1 Å². The molecule has 0 saturated carbocycles. The van der Waals surface area contributed by atoms with Gasteiger partial charge in [-0.1, -0.05) is 112 Å². The van der Waals surface area contributed by atoms with Crippen molar-refractivity contribution < 1.29 is 63.0 Å². The number of H-pyrrole nitrogens is 2. The fourth-order valence-corrected chi connectivity index (χ4v) is 11.8. The molecule has 0 spiro atoms. The van der Waals surface area contributed by atoms with Crippen LogP contribution in [0.3, 0.4) is 0 Å². The van der Waals surface area contributed by atoms with Crippen molar-refractivity contribution in [2.24, 2.45) is 40.1 Å². The molecular formula is C73H97N13O13. The summed E-state index contributed by atoms with van der Waals surface area (Å²) >= 11 is 0. The first-order chi connectivity index (χ1) is 47.3. The number of urea groups is 1. The number of aromatic nitrogens is 2. The first-order valence-electron chi connectivity index (χ1n) is 33.8. The monoisotopic (exact) mass is 1360 g/mol. The number of primary amides is 1. The normalized spacial score (nSPS) is 14.2. The van der Waals surface area contributed by atoms with Gasteiger partial charge >= 0.3 is 6.03 Å². The van der Waals surface area contributed by atoms with E-state index in [-0.39, 0.29) is 69.1 Å². The first-order valence-corrected chi connectivity index (χ1v) is 33.8. The third-order valence-electron chi connectivity index (χ3n) is 17.3. The Bertz CT molecular complexity index is 3750. The number of hydrogen-bond donors (Lipinski definition) is 14. The maximum atomic E-state index is 14.9. The second kappa shape index (κ2) is 39.2. The number of fused-ring (bicyclic) bond motifs is 2. The highest BCUT2D eigenvalue weighted by Crippen LogP contribution is 2.26. The minimum atomic E-state index is -1.61. The maximum Gasteiger partial charge on any atom is 0.315 e. The zero-order valence-electron chi connectivity index (χ0n) is 57.3. The van der Waals surface area contributed by atoms with E-state index in [4.69, 9.17) is 11.5 Å². The van der Waals surface area contributed by atoms with Crippen molar-refractivity contribution in [3.05, 3.63) is 138 Å². The number of aromatic hydroxyl groups is 1. The zero-order chi connectivity index (χ0) is 72.1. The summed E-state index contributed by atoms with van der Waals surface area (Å²) in [4.78, 5) is 165. The SMILES string of the molecule is CCCCCNC(=O)C[C@H](NC(=O)[C@H](CC(=O)[C@@H](Cc1ccc(O)cc1)NC(C)=O)Cc1c[nH]c2ccccc12)C(=O)C[C@H](C(=O)N[C@@H](Cc1ccccc1)C(=O)CNC(=O)N[C@@H](CC(C)C)C(=O)C[C@@H](CCCNC(N)=NC)C(=O)N[C@@H](Cc1c[nH]c2ccccc12)C(N)=O)[C@@H](C)O. The average molecular weight is 1360 g/mol. The van der Waals surface area contributed by atoms with E-state index < -0.39 is 144 Å². The Morgan fingerprint density at radius 1 is 0.525 bits per heavy atom. The van der Waals surface area contributed by atoms with E-state index in [9.17, 15) is 63.0 Å². The fourth-order valence-electron chi connectivity index (χ4n) is 11.8. The third kappa shape index (κ3) is 25.3. The molecule has 99 heavy (non-hydrogen) atoms. The Labute approximate surface area is 576 Å². The first kappa shape index (κ1) is 77.8. The lowest BCUT2D eigenvalue weighted by molar-refractivity contribution is -0.137. The van der Waals surface area contributed by atoms with Crippen LogP contribution in [0.25, 0.3) is 21.8 Å². The van der Waals surface area contributed by atoms with Crippen LogP contribution < -0.4 is 54.0 Å². The molecule has 0 aliphatic carbocycles. The minimum absolute atomic E-state index is 0.00783. The highest BCUT2D eigenvalue weighted by Gasteiger charge is 2.37. The van der Waals surface area contributed by atoms with Crippen LogP contribution in [0.15, 0.2) is 121 Å². The van der Waals surface area contributed by atoms with E-state index in [1.165, 1.54) is 33.0 Å².